The molecule has 1 aliphatic rings. The summed E-state index contributed by atoms with van der Waals surface area (Å²) >= 11 is 0. The van der Waals surface area contributed by atoms with Crippen molar-refractivity contribution in [2.75, 3.05) is 19.6 Å². The fraction of sp³-hybridized carbons (Fsp3) is 0.867. The Balaban J connectivity index is 1.85. The molecule has 0 spiro atoms. The average molecular weight is 238 g/mol. The van der Waals surface area contributed by atoms with Crippen molar-refractivity contribution in [1.82, 2.24) is 4.90 Å². The van der Waals surface area contributed by atoms with Crippen LogP contribution >= 0.6 is 0 Å². The zero-order chi connectivity index (χ0) is 12.5. The topological polar surface area (TPSA) is 29.3 Å². The zero-order valence-corrected chi connectivity index (χ0v) is 11.6. The number of nitrogens with two attached hydrogens (primary N) is 1. The Labute approximate surface area is 107 Å². The summed E-state index contributed by atoms with van der Waals surface area (Å²) in [7, 11) is 0. The molecule has 0 saturated carbocycles. The van der Waals surface area contributed by atoms with E-state index in [0.29, 0.717) is 0 Å². The van der Waals surface area contributed by atoms with Gasteiger partial charge in [-0.1, -0.05) is 32.8 Å². The highest BCUT2D eigenvalue weighted by Gasteiger charge is 2.14. The van der Waals surface area contributed by atoms with E-state index in [1.54, 1.807) is 0 Å². The Morgan fingerprint density at radius 3 is 2.35 bits per heavy atom. The number of hydrogen-bond donors (Lipinski definition) is 1. The fourth-order valence-electron chi connectivity index (χ4n) is 2.50. The van der Waals surface area contributed by atoms with Gasteiger partial charge in [-0.05, 0) is 57.7 Å². The van der Waals surface area contributed by atoms with E-state index < -0.39 is 0 Å². The molecule has 1 heterocycles. The summed E-state index contributed by atoms with van der Waals surface area (Å²) in [5, 5.41) is 0. The molecular formula is C15H30N2. The molecule has 0 aromatic carbocycles. The van der Waals surface area contributed by atoms with Crippen molar-refractivity contribution < 1.29 is 0 Å². The third-order valence-corrected chi connectivity index (χ3v) is 3.85. The van der Waals surface area contributed by atoms with Gasteiger partial charge in [0.25, 0.3) is 0 Å². The molecule has 0 atom stereocenters. The third kappa shape index (κ3) is 7.43. The van der Waals surface area contributed by atoms with Crippen LogP contribution in [0.5, 0.6) is 0 Å². The van der Waals surface area contributed by atoms with E-state index in [4.69, 9.17) is 5.73 Å². The first-order valence-corrected chi connectivity index (χ1v) is 7.34. The fourth-order valence-corrected chi connectivity index (χ4v) is 2.50. The van der Waals surface area contributed by atoms with Crippen LogP contribution in [0, 0.1) is 5.92 Å². The monoisotopic (exact) mass is 238 g/mol. The predicted molar refractivity (Wildman–Crippen MR) is 75.9 cm³/mol. The molecule has 2 heteroatoms. The van der Waals surface area contributed by atoms with Crippen LogP contribution in [0.2, 0.25) is 0 Å². The second-order valence-electron chi connectivity index (χ2n) is 5.70. The molecule has 1 fully saturated rings. The van der Waals surface area contributed by atoms with Crippen molar-refractivity contribution in [1.29, 1.82) is 0 Å². The highest BCUT2D eigenvalue weighted by Crippen LogP contribution is 2.16. The van der Waals surface area contributed by atoms with E-state index in [1.807, 2.05) is 0 Å². The lowest BCUT2D eigenvalue weighted by molar-refractivity contribution is 0.189. The van der Waals surface area contributed by atoms with E-state index >= 15 is 0 Å². The summed E-state index contributed by atoms with van der Waals surface area (Å²) in [4.78, 5) is 2.64. The predicted octanol–water partition coefficient (Wildman–Crippen LogP) is 3.53. The molecule has 0 aromatic heterocycles. The number of piperidine rings is 1. The maximum absolute atomic E-state index is 5.54. The number of nitrogens with zero attached hydrogens (tertiary/aromatic N) is 1. The number of hydrogen-bond acceptors (Lipinski definition) is 2. The van der Waals surface area contributed by atoms with Gasteiger partial charge in [0.1, 0.15) is 0 Å². The van der Waals surface area contributed by atoms with Gasteiger partial charge in [-0.3, -0.25) is 0 Å². The van der Waals surface area contributed by atoms with Crippen molar-refractivity contribution in [2.24, 2.45) is 11.7 Å². The molecule has 1 saturated heterocycles. The summed E-state index contributed by atoms with van der Waals surface area (Å²) in [6.45, 7) is 10.1. The Bertz CT molecular complexity index is 205. The molecule has 0 amide bonds. The van der Waals surface area contributed by atoms with Gasteiger partial charge in [-0.15, -0.1) is 0 Å². The molecule has 2 N–H and O–H groups in total. The molecule has 1 rings (SSSR count). The number of rotatable bonds is 8. The second-order valence-corrected chi connectivity index (χ2v) is 5.70. The molecular weight excluding hydrogens is 208 g/mol. The first kappa shape index (κ1) is 14.6. The Morgan fingerprint density at radius 2 is 1.71 bits per heavy atom. The molecule has 0 bridgehead atoms. The first-order valence-electron chi connectivity index (χ1n) is 7.34. The van der Waals surface area contributed by atoms with E-state index in [-0.39, 0.29) is 0 Å². The van der Waals surface area contributed by atoms with E-state index in [2.05, 4.69) is 18.4 Å². The van der Waals surface area contributed by atoms with Gasteiger partial charge in [-0.2, -0.15) is 0 Å². The quantitative estimate of drug-likeness (QED) is 0.655. The van der Waals surface area contributed by atoms with Crippen molar-refractivity contribution in [3.8, 4) is 0 Å². The van der Waals surface area contributed by atoms with Gasteiger partial charge in [0, 0.05) is 5.70 Å². The third-order valence-electron chi connectivity index (χ3n) is 3.85. The van der Waals surface area contributed by atoms with Gasteiger partial charge < -0.3 is 10.6 Å². The zero-order valence-electron chi connectivity index (χ0n) is 11.6. The minimum atomic E-state index is 0.840. The van der Waals surface area contributed by atoms with Crippen LogP contribution in [0.25, 0.3) is 0 Å². The highest BCUT2D eigenvalue weighted by atomic mass is 15.1. The summed E-state index contributed by atoms with van der Waals surface area (Å²) in [6.07, 6.45) is 10.4. The van der Waals surface area contributed by atoms with E-state index in [9.17, 15) is 0 Å². The number of unbranched alkanes of at least 4 members (excludes halogenated alkanes) is 4. The SMILES string of the molecule is C=C(N)CCCCCCCN1CCC(C)CC1. The molecule has 100 valence electrons. The first-order chi connectivity index (χ1) is 8.18. The van der Waals surface area contributed by atoms with Gasteiger partial charge in [-0.25, -0.2) is 0 Å². The van der Waals surface area contributed by atoms with Crippen LogP contribution in [0.4, 0.5) is 0 Å². The molecule has 2 nitrogen and oxygen atoms in total. The van der Waals surface area contributed by atoms with Gasteiger partial charge >= 0.3 is 0 Å². The van der Waals surface area contributed by atoms with Crippen molar-refractivity contribution in [2.45, 2.75) is 58.3 Å². The summed E-state index contributed by atoms with van der Waals surface area (Å²) in [5.41, 5.74) is 6.38. The van der Waals surface area contributed by atoms with Gasteiger partial charge in [0.05, 0.1) is 0 Å². The van der Waals surface area contributed by atoms with Crippen LogP contribution in [0.1, 0.15) is 58.3 Å². The molecule has 1 aliphatic heterocycles. The highest BCUT2D eigenvalue weighted by molar-refractivity contribution is 4.84. The minimum absolute atomic E-state index is 0.840. The van der Waals surface area contributed by atoms with Crippen molar-refractivity contribution in [3.63, 3.8) is 0 Å². The maximum Gasteiger partial charge on any atom is 0.000744 e. The van der Waals surface area contributed by atoms with E-state index in [0.717, 1.165) is 18.0 Å². The lowest BCUT2D eigenvalue weighted by atomic mass is 9.99. The Morgan fingerprint density at radius 1 is 1.12 bits per heavy atom. The van der Waals surface area contributed by atoms with Crippen LogP contribution in [0.3, 0.4) is 0 Å². The van der Waals surface area contributed by atoms with Crippen molar-refractivity contribution >= 4 is 0 Å². The normalized spacial score (nSPS) is 18.4. The average Bonchev–Trinajstić information content (AvgIpc) is 2.30. The molecule has 17 heavy (non-hydrogen) atoms. The minimum Gasteiger partial charge on any atom is -0.403 e. The smallest absolute Gasteiger partial charge is 0.000744 e. The van der Waals surface area contributed by atoms with Crippen LogP contribution in [0.15, 0.2) is 12.3 Å². The molecule has 0 unspecified atom stereocenters. The maximum atomic E-state index is 5.54. The lowest BCUT2D eigenvalue weighted by Gasteiger charge is -2.30. The number of likely N-dealkylation sites (tertiary alicyclic amines) is 1. The van der Waals surface area contributed by atoms with Crippen LogP contribution in [-0.2, 0) is 0 Å². The number of allylic oxidation sites excluding steroid dienone is 1. The largest absolute Gasteiger partial charge is 0.403 e. The standard InChI is InChI=1S/C15H30N2/c1-14-9-12-17(13-10-14)11-7-5-3-4-6-8-15(2)16/h14H,2-13,16H2,1H3. The summed E-state index contributed by atoms with van der Waals surface area (Å²) in [6, 6.07) is 0. The molecule has 0 aromatic rings. The van der Waals surface area contributed by atoms with Crippen molar-refractivity contribution in [3.05, 3.63) is 12.3 Å². The Hall–Kier alpha value is -0.500. The van der Waals surface area contributed by atoms with Gasteiger partial charge in [0.2, 0.25) is 0 Å². The van der Waals surface area contributed by atoms with E-state index in [1.165, 1.54) is 64.6 Å². The molecule has 0 aliphatic carbocycles. The Kier molecular flexibility index (Phi) is 7.34. The lowest BCUT2D eigenvalue weighted by Crippen LogP contribution is -2.33. The summed E-state index contributed by atoms with van der Waals surface area (Å²) < 4.78 is 0. The second kappa shape index (κ2) is 8.57. The molecule has 0 radical (unpaired) electrons. The van der Waals surface area contributed by atoms with Gasteiger partial charge in [0.15, 0.2) is 0 Å². The van der Waals surface area contributed by atoms with Crippen LogP contribution in [-0.4, -0.2) is 24.5 Å². The summed E-state index contributed by atoms with van der Waals surface area (Å²) in [5.74, 6) is 0.954. The van der Waals surface area contributed by atoms with Crippen LogP contribution < -0.4 is 5.73 Å².